The molecule has 0 aromatic heterocycles. The number of nitrogens with zero attached hydrogens (tertiary/aromatic N) is 2. The molecular weight excluding hydrogens is 246 g/mol. The SMILES string of the molecule is Cc1cc(N2CCc3cccc(N)c3C2)ccc1C#N. The van der Waals surface area contributed by atoms with Gasteiger partial charge in [0, 0.05) is 24.5 Å². The highest BCUT2D eigenvalue weighted by Gasteiger charge is 2.18. The van der Waals surface area contributed by atoms with Crippen molar-refractivity contribution in [3.05, 3.63) is 58.7 Å². The van der Waals surface area contributed by atoms with Crippen molar-refractivity contribution in [1.29, 1.82) is 5.26 Å². The highest BCUT2D eigenvalue weighted by Crippen LogP contribution is 2.28. The van der Waals surface area contributed by atoms with Gasteiger partial charge in [0.05, 0.1) is 11.6 Å². The maximum atomic E-state index is 9.01. The number of hydrogen-bond acceptors (Lipinski definition) is 3. The second-order valence-electron chi connectivity index (χ2n) is 5.27. The Labute approximate surface area is 119 Å². The minimum absolute atomic E-state index is 0.741. The molecule has 2 aromatic carbocycles. The first-order valence-electron chi connectivity index (χ1n) is 6.81. The van der Waals surface area contributed by atoms with Gasteiger partial charge < -0.3 is 10.6 Å². The summed E-state index contributed by atoms with van der Waals surface area (Å²) in [5, 5.41) is 9.01. The van der Waals surface area contributed by atoms with Gasteiger partial charge in [-0.05, 0) is 54.3 Å². The van der Waals surface area contributed by atoms with Crippen molar-refractivity contribution in [2.75, 3.05) is 17.2 Å². The molecule has 3 rings (SSSR count). The summed E-state index contributed by atoms with van der Waals surface area (Å²) in [4.78, 5) is 2.33. The Kier molecular flexibility index (Phi) is 3.08. The molecule has 20 heavy (non-hydrogen) atoms. The van der Waals surface area contributed by atoms with E-state index >= 15 is 0 Å². The van der Waals surface area contributed by atoms with E-state index in [2.05, 4.69) is 23.1 Å². The van der Waals surface area contributed by atoms with Gasteiger partial charge in [0.15, 0.2) is 0 Å². The Balaban J connectivity index is 1.93. The monoisotopic (exact) mass is 263 g/mol. The minimum atomic E-state index is 0.741. The molecule has 0 bridgehead atoms. The standard InChI is InChI=1S/C17H17N3/c1-12-9-15(6-5-14(12)10-18)20-8-7-13-3-2-4-17(19)16(13)11-20/h2-6,9H,7-8,11,19H2,1H3. The Hall–Kier alpha value is -2.47. The molecule has 1 heterocycles. The average Bonchev–Trinajstić information content (AvgIpc) is 2.47. The molecule has 0 amide bonds. The third-order valence-corrected chi connectivity index (χ3v) is 4.00. The lowest BCUT2D eigenvalue weighted by molar-refractivity contribution is 0.733. The molecule has 3 nitrogen and oxygen atoms in total. The number of benzene rings is 2. The molecule has 0 atom stereocenters. The molecule has 0 unspecified atom stereocenters. The van der Waals surface area contributed by atoms with Crippen LogP contribution in [0.1, 0.15) is 22.3 Å². The smallest absolute Gasteiger partial charge is 0.0994 e. The first-order valence-corrected chi connectivity index (χ1v) is 6.81. The van der Waals surface area contributed by atoms with Crippen LogP contribution >= 0.6 is 0 Å². The highest BCUT2D eigenvalue weighted by molar-refractivity contribution is 5.59. The lowest BCUT2D eigenvalue weighted by atomic mass is 9.97. The number of anilines is 2. The summed E-state index contributed by atoms with van der Waals surface area (Å²) in [5.41, 5.74) is 12.5. The first kappa shape index (κ1) is 12.6. The summed E-state index contributed by atoms with van der Waals surface area (Å²) in [7, 11) is 0. The molecule has 0 saturated carbocycles. The van der Waals surface area contributed by atoms with E-state index in [1.54, 1.807) is 0 Å². The second-order valence-corrected chi connectivity index (χ2v) is 5.27. The van der Waals surface area contributed by atoms with E-state index in [1.165, 1.54) is 11.1 Å². The van der Waals surface area contributed by atoms with E-state index in [4.69, 9.17) is 11.0 Å². The Morgan fingerprint density at radius 1 is 1.25 bits per heavy atom. The lowest BCUT2D eigenvalue weighted by Gasteiger charge is -2.31. The van der Waals surface area contributed by atoms with Gasteiger partial charge in [0.25, 0.3) is 0 Å². The Morgan fingerprint density at radius 2 is 2.10 bits per heavy atom. The summed E-state index contributed by atoms with van der Waals surface area (Å²) in [5.74, 6) is 0. The lowest BCUT2D eigenvalue weighted by Crippen LogP contribution is -2.31. The maximum Gasteiger partial charge on any atom is 0.0994 e. The first-order chi connectivity index (χ1) is 9.69. The van der Waals surface area contributed by atoms with Crippen LogP contribution in [0.25, 0.3) is 0 Å². The van der Waals surface area contributed by atoms with E-state index in [9.17, 15) is 0 Å². The van der Waals surface area contributed by atoms with Crippen LogP contribution in [-0.2, 0) is 13.0 Å². The van der Waals surface area contributed by atoms with E-state index < -0.39 is 0 Å². The van der Waals surface area contributed by atoms with Gasteiger partial charge in [-0.1, -0.05) is 12.1 Å². The third-order valence-electron chi connectivity index (χ3n) is 4.00. The molecule has 1 aliphatic heterocycles. The van der Waals surface area contributed by atoms with Crippen LogP contribution in [-0.4, -0.2) is 6.54 Å². The Bertz CT molecular complexity index is 698. The van der Waals surface area contributed by atoms with Gasteiger partial charge >= 0.3 is 0 Å². The van der Waals surface area contributed by atoms with E-state index in [0.29, 0.717) is 0 Å². The number of nitriles is 1. The van der Waals surface area contributed by atoms with Crippen molar-refractivity contribution in [3.63, 3.8) is 0 Å². The summed E-state index contributed by atoms with van der Waals surface area (Å²) in [6, 6.07) is 14.4. The topological polar surface area (TPSA) is 53.0 Å². The van der Waals surface area contributed by atoms with Crippen LogP contribution in [0.2, 0.25) is 0 Å². The summed E-state index contributed by atoms with van der Waals surface area (Å²) < 4.78 is 0. The molecule has 2 N–H and O–H groups in total. The van der Waals surface area contributed by atoms with Crippen LogP contribution < -0.4 is 10.6 Å². The van der Waals surface area contributed by atoms with E-state index in [-0.39, 0.29) is 0 Å². The van der Waals surface area contributed by atoms with Crippen LogP contribution in [0.4, 0.5) is 11.4 Å². The fourth-order valence-electron chi connectivity index (χ4n) is 2.80. The van der Waals surface area contributed by atoms with Gasteiger partial charge in [-0.3, -0.25) is 0 Å². The minimum Gasteiger partial charge on any atom is -0.398 e. The van der Waals surface area contributed by atoms with Gasteiger partial charge in [-0.2, -0.15) is 5.26 Å². The molecule has 0 aliphatic carbocycles. The number of hydrogen-bond donors (Lipinski definition) is 1. The zero-order valence-corrected chi connectivity index (χ0v) is 11.6. The van der Waals surface area contributed by atoms with Gasteiger partial charge in [0.2, 0.25) is 0 Å². The normalized spacial score (nSPS) is 13.7. The van der Waals surface area contributed by atoms with Crippen LogP contribution in [0, 0.1) is 18.3 Å². The number of fused-ring (bicyclic) bond motifs is 1. The number of rotatable bonds is 1. The second kappa shape index (κ2) is 4.90. The summed E-state index contributed by atoms with van der Waals surface area (Å²) in [6.45, 7) is 3.81. The van der Waals surface area contributed by atoms with Gasteiger partial charge in [0.1, 0.15) is 0 Å². The molecular formula is C17H17N3. The van der Waals surface area contributed by atoms with E-state index in [0.717, 1.165) is 42.0 Å². The molecule has 0 spiro atoms. The van der Waals surface area contributed by atoms with Crippen molar-refractivity contribution >= 4 is 11.4 Å². The largest absolute Gasteiger partial charge is 0.398 e. The van der Waals surface area contributed by atoms with Crippen molar-refractivity contribution in [1.82, 2.24) is 0 Å². The molecule has 2 aromatic rings. The van der Waals surface area contributed by atoms with Crippen LogP contribution in [0.5, 0.6) is 0 Å². The van der Waals surface area contributed by atoms with Crippen molar-refractivity contribution in [2.24, 2.45) is 0 Å². The van der Waals surface area contributed by atoms with Crippen molar-refractivity contribution in [3.8, 4) is 6.07 Å². The predicted molar refractivity (Wildman–Crippen MR) is 81.5 cm³/mol. The zero-order chi connectivity index (χ0) is 14.1. The molecule has 0 saturated heterocycles. The quantitative estimate of drug-likeness (QED) is 0.805. The fourth-order valence-corrected chi connectivity index (χ4v) is 2.80. The molecule has 100 valence electrons. The van der Waals surface area contributed by atoms with Gasteiger partial charge in [-0.15, -0.1) is 0 Å². The fraction of sp³-hybridized carbons (Fsp3) is 0.235. The average molecular weight is 263 g/mol. The number of aryl methyl sites for hydroxylation is 1. The van der Waals surface area contributed by atoms with Crippen LogP contribution in [0.15, 0.2) is 36.4 Å². The Morgan fingerprint density at radius 3 is 2.85 bits per heavy atom. The van der Waals surface area contributed by atoms with Crippen LogP contribution in [0.3, 0.4) is 0 Å². The summed E-state index contributed by atoms with van der Waals surface area (Å²) in [6.07, 6.45) is 1.01. The number of nitrogens with two attached hydrogens (primary N) is 1. The zero-order valence-electron chi connectivity index (χ0n) is 11.6. The molecule has 0 fully saturated rings. The van der Waals surface area contributed by atoms with E-state index in [1.807, 2.05) is 31.2 Å². The molecule has 0 radical (unpaired) electrons. The molecule has 1 aliphatic rings. The molecule has 3 heteroatoms. The van der Waals surface area contributed by atoms with Crippen molar-refractivity contribution in [2.45, 2.75) is 19.9 Å². The predicted octanol–water partition coefficient (Wildman–Crippen LogP) is 3.01. The highest BCUT2D eigenvalue weighted by atomic mass is 15.1. The summed E-state index contributed by atoms with van der Waals surface area (Å²) >= 11 is 0. The number of nitrogen functional groups attached to an aromatic ring is 1. The maximum absolute atomic E-state index is 9.01. The van der Waals surface area contributed by atoms with Crippen molar-refractivity contribution < 1.29 is 0 Å². The van der Waals surface area contributed by atoms with Gasteiger partial charge in [-0.25, -0.2) is 0 Å². The third kappa shape index (κ3) is 2.10.